The van der Waals surface area contributed by atoms with Crippen LogP contribution in [0.2, 0.25) is 5.02 Å². The molecule has 0 atom stereocenters. The Balaban J connectivity index is 1.64. The second-order valence-corrected chi connectivity index (χ2v) is 6.27. The van der Waals surface area contributed by atoms with Crippen molar-refractivity contribution in [1.29, 1.82) is 0 Å². The number of benzene rings is 2. The molecule has 142 valence electrons. The molecule has 5 nitrogen and oxygen atoms in total. The lowest BCUT2D eigenvalue weighted by atomic mass is 10.2. The molecule has 6 heteroatoms. The largest absolute Gasteiger partial charge is 0.462 e. The first-order valence-electron chi connectivity index (χ1n) is 8.67. The summed E-state index contributed by atoms with van der Waals surface area (Å²) in [6.45, 7) is 2.03. The molecule has 28 heavy (non-hydrogen) atoms. The monoisotopic (exact) mass is 395 g/mol. The zero-order chi connectivity index (χ0) is 19.9. The first-order chi connectivity index (χ1) is 13.5. The number of ether oxygens (including phenoxy) is 1. The highest BCUT2D eigenvalue weighted by Crippen LogP contribution is 2.24. The predicted molar refractivity (Wildman–Crippen MR) is 109 cm³/mol. The molecular weight excluding hydrogens is 378 g/mol. The molecule has 0 unspecified atom stereocenters. The highest BCUT2D eigenvalue weighted by atomic mass is 35.5. The van der Waals surface area contributed by atoms with Crippen LogP contribution in [0.1, 0.15) is 23.0 Å². The second kappa shape index (κ2) is 9.06. The molecule has 1 aromatic heterocycles. The van der Waals surface area contributed by atoms with Gasteiger partial charge in [-0.3, -0.25) is 4.79 Å². The first-order valence-corrected chi connectivity index (χ1v) is 9.05. The lowest BCUT2D eigenvalue weighted by molar-refractivity contribution is -0.111. The van der Waals surface area contributed by atoms with Gasteiger partial charge in [-0.15, -0.1) is 0 Å². The van der Waals surface area contributed by atoms with Crippen LogP contribution >= 0.6 is 11.6 Å². The minimum Gasteiger partial charge on any atom is -0.462 e. The Bertz CT molecular complexity index is 1010. The molecule has 0 bridgehead atoms. The lowest BCUT2D eigenvalue weighted by Gasteiger charge is -2.05. The van der Waals surface area contributed by atoms with E-state index in [1.165, 1.54) is 6.08 Å². The zero-order valence-corrected chi connectivity index (χ0v) is 15.9. The molecule has 1 amide bonds. The minimum atomic E-state index is -0.431. The van der Waals surface area contributed by atoms with Gasteiger partial charge in [-0.05, 0) is 67.6 Å². The Kier molecular flexibility index (Phi) is 6.29. The van der Waals surface area contributed by atoms with Crippen molar-refractivity contribution >= 4 is 35.2 Å². The molecule has 0 spiro atoms. The number of anilines is 1. The van der Waals surface area contributed by atoms with Crippen LogP contribution in [-0.2, 0) is 9.53 Å². The number of furan rings is 1. The molecule has 2 aromatic carbocycles. The Morgan fingerprint density at radius 2 is 1.89 bits per heavy atom. The van der Waals surface area contributed by atoms with Gasteiger partial charge in [-0.1, -0.05) is 17.7 Å². The Hall–Kier alpha value is -3.31. The van der Waals surface area contributed by atoms with Crippen molar-refractivity contribution in [3.05, 3.63) is 83.1 Å². The molecule has 1 N–H and O–H groups in total. The molecule has 0 fully saturated rings. The third-order valence-electron chi connectivity index (χ3n) is 3.80. The summed E-state index contributed by atoms with van der Waals surface area (Å²) in [7, 11) is 0. The van der Waals surface area contributed by atoms with Crippen LogP contribution in [0.5, 0.6) is 0 Å². The van der Waals surface area contributed by atoms with E-state index < -0.39 is 5.97 Å². The maximum Gasteiger partial charge on any atom is 0.338 e. The van der Waals surface area contributed by atoms with Crippen LogP contribution in [0.15, 0.2) is 71.2 Å². The van der Waals surface area contributed by atoms with E-state index in [9.17, 15) is 9.59 Å². The summed E-state index contributed by atoms with van der Waals surface area (Å²) in [5.41, 5.74) is 1.77. The van der Waals surface area contributed by atoms with Crippen molar-refractivity contribution in [2.75, 3.05) is 11.9 Å². The van der Waals surface area contributed by atoms with Gasteiger partial charge in [-0.2, -0.15) is 0 Å². The van der Waals surface area contributed by atoms with Gasteiger partial charge in [-0.25, -0.2) is 4.79 Å². The van der Waals surface area contributed by atoms with Gasteiger partial charge in [0.05, 0.1) is 12.2 Å². The highest BCUT2D eigenvalue weighted by Gasteiger charge is 2.08. The summed E-state index contributed by atoms with van der Waals surface area (Å²) < 4.78 is 10.7. The zero-order valence-electron chi connectivity index (χ0n) is 15.1. The fraction of sp³-hybridized carbons (Fsp3) is 0.0909. The molecule has 0 radical (unpaired) electrons. The Morgan fingerprint density at radius 3 is 2.64 bits per heavy atom. The van der Waals surface area contributed by atoms with Crippen LogP contribution in [0.3, 0.4) is 0 Å². The SMILES string of the molecule is CCOC(=O)c1cccc(NC(=O)/C=C/c2ccc(-c3ccc(Cl)cc3)o2)c1. The second-order valence-electron chi connectivity index (χ2n) is 5.83. The van der Waals surface area contributed by atoms with Crippen LogP contribution in [0, 0.1) is 0 Å². The molecule has 0 aliphatic carbocycles. The number of carbonyl (C=O) groups is 2. The molecule has 0 saturated carbocycles. The van der Waals surface area contributed by atoms with Gasteiger partial charge in [0.25, 0.3) is 0 Å². The number of amides is 1. The van der Waals surface area contributed by atoms with Gasteiger partial charge in [0, 0.05) is 22.3 Å². The molecule has 0 saturated heterocycles. The number of hydrogen-bond acceptors (Lipinski definition) is 4. The molecule has 0 aliphatic rings. The third-order valence-corrected chi connectivity index (χ3v) is 4.05. The fourth-order valence-corrected chi connectivity index (χ4v) is 2.62. The van der Waals surface area contributed by atoms with E-state index in [1.54, 1.807) is 55.5 Å². The quantitative estimate of drug-likeness (QED) is 0.446. The van der Waals surface area contributed by atoms with Gasteiger partial charge >= 0.3 is 5.97 Å². The van der Waals surface area contributed by atoms with Crippen LogP contribution in [0.4, 0.5) is 5.69 Å². The van der Waals surface area contributed by atoms with Crippen LogP contribution < -0.4 is 5.32 Å². The third kappa shape index (κ3) is 5.11. The normalized spacial score (nSPS) is 10.8. The van der Waals surface area contributed by atoms with E-state index >= 15 is 0 Å². The summed E-state index contributed by atoms with van der Waals surface area (Å²) >= 11 is 5.89. The number of esters is 1. The topological polar surface area (TPSA) is 68.5 Å². The summed E-state index contributed by atoms with van der Waals surface area (Å²) in [6.07, 6.45) is 2.94. The number of nitrogens with one attached hydrogen (secondary N) is 1. The first kappa shape index (κ1) is 19.5. The molecular formula is C22H18ClNO4. The molecule has 1 heterocycles. The molecule has 3 aromatic rings. The Labute approximate surface area is 167 Å². The van der Waals surface area contributed by atoms with Crippen molar-refractivity contribution in [1.82, 2.24) is 0 Å². The predicted octanol–water partition coefficient (Wildman–Crippen LogP) is 5.43. The van der Waals surface area contributed by atoms with Gasteiger partial charge in [0.1, 0.15) is 11.5 Å². The van der Waals surface area contributed by atoms with Crippen molar-refractivity contribution in [3.8, 4) is 11.3 Å². The standard InChI is InChI=1S/C22H18ClNO4/c1-2-27-22(26)16-4-3-5-18(14-16)24-21(25)13-11-19-10-12-20(28-19)15-6-8-17(23)9-7-15/h3-14H,2H2,1H3,(H,24,25)/b13-11+. The van der Waals surface area contributed by atoms with Gasteiger partial charge < -0.3 is 14.5 Å². The average Bonchev–Trinajstić information content (AvgIpc) is 3.16. The number of rotatable bonds is 6. The van der Waals surface area contributed by atoms with Crippen molar-refractivity contribution in [2.45, 2.75) is 6.92 Å². The van der Waals surface area contributed by atoms with E-state index in [2.05, 4.69) is 5.32 Å². The summed E-state index contributed by atoms with van der Waals surface area (Å²) in [5, 5.41) is 3.36. The minimum absolute atomic E-state index is 0.291. The summed E-state index contributed by atoms with van der Waals surface area (Å²) in [6, 6.07) is 17.4. The number of hydrogen-bond donors (Lipinski definition) is 1. The van der Waals surface area contributed by atoms with Crippen LogP contribution in [-0.4, -0.2) is 18.5 Å². The van der Waals surface area contributed by atoms with E-state index in [0.717, 1.165) is 5.56 Å². The fourth-order valence-electron chi connectivity index (χ4n) is 2.49. The van der Waals surface area contributed by atoms with E-state index in [1.807, 2.05) is 18.2 Å². The average molecular weight is 396 g/mol. The summed E-state index contributed by atoms with van der Waals surface area (Å²) in [5.74, 6) is 0.448. The maximum absolute atomic E-state index is 12.1. The van der Waals surface area contributed by atoms with Crippen LogP contribution in [0.25, 0.3) is 17.4 Å². The van der Waals surface area contributed by atoms with E-state index in [0.29, 0.717) is 34.4 Å². The molecule has 3 rings (SSSR count). The van der Waals surface area contributed by atoms with E-state index in [-0.39, 0.29) is 5.91 Å². The maximum atomic E-state index is 12.1. The highest BCUT2D eigenvalue weighted by molar-refractivity contribution is 6.30. The van der Waals surface area contributed by atoms with E-state index in [4.69, 9.17) is 20.8 Å². The number of halogens is 1. The smallest absolute Gasteiger partial charge is 0.338 e. The van der Waals surface area contributed by atoms with Gasteiger partial charge in [0.2, 0.25) is 5.91 Å². The lowest BCUT2D eigenvalue weighted by Crippen LogP contribution is -2.09. The van der Waals surface area contributed by atoms with Gasteiger partial charge in [0.15, 0.2) is 0 Å². The van der Waals surface area contributed by atoms with Crippen molar-refractivity contribution in [3.63, 3.8) is 0 Å². The summed E-state index contributed by atoms with van der Waals surface area (Å²) in [4.78, 5) is 23.9. The molecule has 0 aliphatic heterocycles. The van der Waals surface area contributed by atoms with Crippen molar-refractivity contribution in [2.24, 2.45) is 0 Å². The number of carbonyl (C=O) groups excluding carboxylic acids is 2. The Morgan fingerprint density at radius 1 is 1.11 bits per heavy atom. The van der Waals surface area contributed by atoms with Crippen molar-refractivity contribution < 1.29 is 18.7 Å².